The molecular formula is C21H44N6O4. The topological polar surface area (TPSA) is 165 Å². The third kappa shape index (κ3) is 14.7. The van der Waals surface area contributed by atoms with Gasteiger partial charge < -0.3 is 36.9 Å². The van der Waals surface area contributed by atoms with E-state index in [-0.39, 0.29) is 30.2 Å². The van der Waals surface area contributed by atoms with E-state index in [9.17, 15) is 9.59 Å². The molecule has 0 aromatic rings. The third-order valence-electron chi connectivity index (χ3n) is 4.69. The Labute approximate surface area is 187 Å². The molecule has 0 aromatic carbocycles. The van der Waals surface area contributed by atoms with Gasteiger partial charge in [-0.3, -0.25) is 15.0 Å². The number of guanidine groups is 1. The van der Waals surface area contributed by atoms with Crippen LogP contribution < -0.4 is 27.4 Å². The second-order valence-electron chi connectivity index (χ2n) is 7.96. The minimum atomic E-state index is -0.663. The summed E-state index contributed by atoms with van der Waals surface area (Å²) < 4.78 is 11.9. The van der Waals surface area contributed by atoms with Gasteiger partial charge in [-0.25, -0.2) is 0 Å². The first-order valence-electron chi connectivity index (χ1n) is 11.4. The van der Waals surface area contributed by atoms with E-state index in [2.05, 4.69) is 29.8 Å². The Balaban J connectivity index is 4.99. The summed E-state index contributed by atoms with van der Waals surface area (Å²) in [6.07, 6.45) is 4.39. The smallest absolute Gasteiger partial charge is 0.239 e. The van der Waals surface area contributed by atoms with Crippen molar-refractivity contribution < 1.29 is 19.1 Å². The molecule has 10 nitrogen and oxygen atoms in total. The van der Waals surface area contributed by atoms with Gasteiger partial charge in [0.25, 0.3) is 0 Å². The van der Waals surface area contributed by atoms with Crippen molar-refractivity contribution in [1.29, 1.82) is 5.41 Å². The van der Waals surface area contributed by atoms with Crippen LogP contribution in [0.1, 0.15) is 66.2 Å². The number of amides is 2. The van der Waals surface area contributed by atoms with Crippen LogP contribution in [0.5, 0.6) is 0 Å². The van der Waals surface area contributed by atoms with Crippen LogP contribution in [0.25, 0.3) is 0 Å². The zero-order valence-corrected chi connectivity index (χ0v) is 19.7. The standard InChI is InChI=1S/C21H44N6O4/c1-5-7-12-30-20(31-13-8-6-2)16(10-9-11-25-21(23)24)27-17(28)14-26-19(29)18(22)15(3)4/h15-16,18,20H,5-14,22H2,1-4H3,(H,26,29)(H,27,28)(H4,23,24,25)/t16-,18-/m0/s1. The molecular weight excluding hydrogens is 400 g/mol. The van der Waals surface area contributed by atoms with E-state index < -0.39 is 18.4 Å². The maximum Gasteiger partial charge on any atom is 0.239 e. The Morgan fingerprint density at radius 3 is 2.06 bits per heavy atom. The number of hydrogen-bond acceptors (Lipinski definition) is 6. The van der Waals surface area contributed by atoms with Crippen molar-refractivity contribution in [2.45, 2.75) is 84.6 Å². The molecule has 0 unspecified atom stereocenters. The van der Waals surface area contributed by atoms with Gasteiger partial charge in [0.2, 0.25) is 11.8 Å². The molecule has 2 amide bonds. The number of ether oxygens (including phenoxy) is 2. The van der Waals surface area contributed by atoms with Gasteiger partial charge in [-0.15, -0.1) is 0 Å². The molecule has 0 aliphatic heterocycles. The number of rotatable bonds is 18. The predicted molar refractivity (Wildman–Crippen MR) is 122 cm³/mol. The Hall–Kier alpha value is -1.91. The van der Waals surface area contributed by atoms with E-state index in [1.54, 1.807) is 0 Å². The normalized spacial score (nSPS) is 13.1. The molecule has 0 rings (SSSR count). The molecule has 0 bridgehead atoms. The Morgan fingerprint density at radius 1 is 1.00 bits per heavy atom. The average molecular weight is 445 g/mol. The third-order valence-corrected chi connectivity index (χ3v) is 4.69. The summed E-state index contributed by atoms with van der Waals surface area (Å²) in [7, 11) is 0. The Bertz CT molecular complexity index is 508. The molecule has 0 aliphatic rings. The van der Waals surface area contributed by atoms with E-state index in [0.717, 1.165) is 25.7 Å². The first-order chi connectivity index (χ1) is 14.7. The van der Waals surface area contributed by atoms with Crippen LogP contribution in [0, 0.1) is 11.3 Å². The number of carbonyl (C=O) groups excluding carboxylic acids is 2. The highest BCUT2D eigenvalue weighted by molar-refractivity contribution is 5.87. The lowest BCUT2D eigenvalue weighted by molar-refractivity contribution is -0.165. The number of unbranched alkanes of at least 4 members (excludes halogenated alkanes) is 2. The van der Waals surface area contributed by atoms with Crippen molar-refractivity contribution in [3.8, 4) is 0 Å². The van der Waals surface area contributed by atoms with Gasteiger partial charge >= 0.3 is 0 Å². The van der Waals surface area contributed by atoms with Crippen LogP contribution in [-0.4, -0.2) is 62.5 Å². The van der Waals surface area contributed by atoms with Gasteiger partial charge in [0, 0.05) is 19.8 Å². The minimum absolute atomic E-state index is 0.0205. The van der Waals surface area contributed by atoms with Crippen LogP contribution >= 0.6 is 0 Å². The zero-order chi connectivity index (χ0) is 23.6. The van der Waals surface area contributed by atoms with Crippen LogP contribution in [0.4, 0.5) is 0 Å². The van der Waals surface area contributed by atoms with Gasteiger partial charge in [-0.2, -0.15) is 0 Å². The van der Waals surface area contributed by atoms with Crippen molar-refractivity contribution >= 4 is 17.8 Å². The summed E-state index contributed by atoms with van der Waals surface area (Å²) in [5.41, 5.74) is 11.1. The molecule has 0 heterocycles. The zero-order valence-electron chi connectivity index (χ0n) is 19.7. The number of nitrogens with two attached hydrogens (primary N) is 2. The predicted octanol–water partition coefficient (Wildman–Crippen LogP) is 0.793. The van der Waals surface area contributed by atoms with E-state index >= 15 is 0 Å². The molecule has 0 fully saturated rings. The van der Waals surface area contributed by atoms with Gasteiger partial charge in [-0.05, 0) is 31.6 Å². The average Bonchev–Trinajstić information content (AvgIpc) is 2.72. The van der Waals surface area contributed by atoms with Gasteiger partial charge in [-0.1, -0.05) is 40.5 Å². The molecule has 10 heteroatoms. The molecule has 0 radical (unpaired) electrons. The monoisotopic (exact) mass is 444 g/mol. The quantitative estimate of drug-likeness (QED) is 0.0787. The molecule has 0 saturated carbocycles. The summed E-state index contributed by atoms with van der Waals surface area (Å²) in [4.78, 5) is 24.5. The highest BCUT2D eigenvalue weighted by atomic mass is 16.7. The van der Waals surface area contributed by atoms with Crippen LogP contribution in [0.15, 0.2) is 0 Å². The number of carbonyl (C=O) groups is 2. The van der Waals surface area contributed by atoms with Crippen molar-refractivity contribution in [2.75, 3.05) is 26.3 Å². The van der Waals surface area contributed by atoms with Crippen molar-refractivity contribution in [2.24, 2.45) is 17.4 Å². The van der Waals surface area contributed by atoms with E-state index in [4.69, 9.17) is 26.4 Å². The van der Waals surface area contributed by atoms with Crippen molar-refractivity contribution in [1.82, 2.24) is 16.0 Å². The van der Waals surface area contributed by atoms with Crippen LogP contribution in [0.2, 0.25) is 0 Å². The van der Waals surface area contributed by atoms with Crippen LogP contribution in [0.3, 0.4) is 0 Å². The molecule has 8 N–H and O–H groups in total. The second-order valence-corrected chi connectivity index (χ2v) is 7.96. The Morgan fingerprint density at radius 2 is 1.58 bits per heavy atom. The molecule has 182 valence electrons. The lowest BCUT2D eigenvalue weighted by atomic mass is 10.1. The van der Waals surface area contributed by atoms with E-state index in [1.807, 2.05) is 13.8 Å². The highest BCUT2D eigenvalue weighted by Gasteiger charge is 2.25. The molecule has 0 spiro atoms. The summed E-state index contributed by atoms with van der Waals surface area (Å²) >= 11 is 0. The molecule has 0 saturated heterocycles. The molecule has 0 aliphatic carbocycles. The Kier molecular flexibility index (Phi) is 16.6. The first-order valence-corrected chi connectivity index (χ1v) is 11.4. The SMILES string of the molecule is CCCCOC(OCCCC)[C@H](CCCNC(=N)N)NC(=O)CNC(=O)[C@@H](N)C(C)C. The largest absolute Gasteiger partial charge is 0.370 e. The fourth-order valence-corrected chi connectivity index (χ4v) is 2.64. The van der Waals surface area contributed by atoms with Crippen molar-refractivity contribution in [3.05, 3.63) is 0 Å². The maximum atomic E-state index is 12.5. The van der Waals surface area contributed by atoms with Gasteiger partial charge in [0.1, 0.15) is 0 Å². The maximum absolute atomic E-state index is 12.5. The molecule has 31 heavy (non-hydrogen) atoms. The summed E-state index contributed by atoms with van der Waals surface area (Å²) in [6, 6.07) is -1.06. The fourth-order valence-electron chi connectivity index (χ4n) is 2.64. The lowest BCUT2D eigenvalue weighted by Gasteiger charge is -2.29. The fraction of sp³-hybridized carbons (Fsp3) is 0.857. The lowest BCUT2D eigenvalue weighted by Crippen LogP contribution is -2.51. The summed E-state index contributed by atoms with van der Waals surface area (Å²) in [5.74, 6) is -0.813. The van der Waals surface area contributed by atoms with E-state index in [0.29, 0.717) is 32.6 Å². The summed E-state index contributed by atoms with van der Waals surface area (Å²) in [6.45, 7) is 9.25. The first kappa shape index (κ1) is 29.1. The van der Waals surface area contributed by atoms with Crippen molar-refractivity contribution in [3.63, 3.8) is 0 Å². The molecule has 0 aromatic heterocycles. The summed E-state index contributed by atoms with van der Waals surface area (Å²) in [5, 5.41) is 15.5. The number of hydrogen-bond donors (Lipinski definition) is 6. The second kappa shape index (κ2) is 17.7. The molecule has 2 atom stereocenters. The van der Waals surface area contributed by atoms with Gasteiger partial charge in [0.05, 0.1) is 18.6 Å². The minimum Gasteiger partial charge on any atom is -0.370 e. The van der Waals surface area contributed by atoms with Gasteiger partial charge in [0.15, 0.2) is 12.2 Å². The highest BCUT2D eigenvalue weighted by Crippen LogP contribution is 2.11. The van der Waals surface area contributed by atoms with E-state index in [1.165, 1.54) is 0 Å². The number of nitrogens with one attached hydrogen (secondary N) is 4. The van der Waals surface area contributed by atoms with Crippen LogP contribution in [-0.2, 0) is 19.1 Å².